The maximum atomic E-state index is 5.91. The Morgan fingerprint density at radius 1 is 1.29 bits per heavy atom. The Morgan fingerprint density at radius 3 is 2.64 bits per heavy atom. The van der Waals surface area contributed by atoms with Gasteiger partial charge >= 0.3 is 0 Å². The molecule has 1 aromatic heterocycles. The molecule has 0 bridgehead atoms. The molecule has 3 heteroatoms. The van der Waals surface area contributed by atoms with Crippen LogP contribution in [0.15, 0.2) is 30.3 Å². The Labute approximate surface area is 88.1 Å². The number of benzene rings is 1. The molecule has 0 amide bonds. The fraction of sp³-hybridized carbons (Fsp3) is 0.182. The molecule has 0 saturated heterocycles. The number of aromatic nitrogens is 2. The second-order valence-electron chi connectivity index (χ2n) is 3.30. The van der Waals surface area contributed by atoms with Gasteiger partial charge in [-0.15, -0.1) is 0 Å². The summed E-state index contributed by atoms with van der Waals surface area (Å²) in [7, 11) is 1.93. The Bertz CT molecular complexity index is 441. The van der Waals surface area contributed by atoms with E-state index in [2.05, 4.69) is 5.10 Å². The zero-order chi connectivity index (χ0) is 10.1. The standard InChI is InChI=1S/C11H11ClN2/c1-8-6-11(13-14(8)2)9-4-3-5-10(12)7-9/h3-7H,1-2H3. The van der Waals surface area contributed by atoms with E-state index in [1.165, 1.54) is 0 Å². The predicted octanol–water partition coefficient (Wildman–Crippen LogP) is 3.05. The van der Waals surface area contributed by atoms with Crippen molar-refractivity contribution in [2.45, 2.75) is 6.92 Å². The maximum Gasteiger partial charge on any atom is 0.0926 e. The number of rotatable bonds is 1. The molecule has 14 heavy (non-hydrogen) atoms. The number of hydrogen-bond acceptors (Lipinski definition) is 1. The van der Waals surface area contributed by atoms with Gasteiger partial charge in [-0.2, -0.15) is 5.10 Å². The van der Waals surface area contributed by atoms with Crippen LogP contribution in [0.5, 0.6) is 0 Å². The first-order valence-electron chi connectivity index (χ1n) is 4.43. The monoisotopic (exact) mass is 206 g/mol. The van der Waals surface area contributed by atoms with Gasteiger partial charge in [0.1, 0.15) is 0 Å². The number of halogens is 1. The molecule has 72 valence electrons. The molecule has 0 radical (unpaired) electrons. The molecule has 2 nitrogen and oxygen atoms in total. The quantitative estimate of drug-likeness (QED) is 0.701. The SMILES string of the molecule is Cc1cc(-c2cccc(Cl)c2)nn1C. The molecule has 2 aromatic rings. The maximum absolute atomic E-state index is 5.91. The second kappa shape index (κ2) is 3.46. The van der Waals surface area contributed by atoms with E-state index < -0.39 is 0 Å². The third-order valence-corrected chi connectivity index (χ3v) is 2.47. The van der Waals surface area contributed by atoms with E-state index >= 15 is 0 Å². The van der Waals surface area contributed by atoms with E-state index in [4.69, 9.17) is 11.6 Å². The fourth-order valence-corrected chi connectivity index (χ4v) is 1.54. The van der Waals surface area contributed by atoms with E-state index in [1.807, 2.05) is 49.0 Å². The van der Waals surface area contributed by atoms with E-state index in [0.29, 0.717) is 0 Å². The van der Waals surface area contributed by atoms with Gasteiger partial charge in [0.2, 0.25) is 0 Å². The Morgan fingerprint density at radius 2 is 2.07 bits per heavy atom. The predicted molar refractivity (Wildman–Crippen MR) is 58.4 cm³/mol. The molecular formula is C11H11ClN2. The molecule has 0 spiro atoms. The Kier molecular flexibility index (Phi) is 2.30. The first kappa shape index (κ1) is 9.28. The van der Waals surface area contributed by atoms with Crippen LogP contribution in [0.1, 0.15) is 5.69 Å². The van der Waals surface area contributed by atoms with Crippen molar-refractivity contribution < 1.29 is 0 Å². The summed E-state index contributed by atoms with van der Waals surface area (Å²) in [6.07, 6.45) is 0. The molecule has 0 atom stereocenters. The van der Waals surface area contributed by atoms with Crippen LogP contribution in [0.25, 0.3) is 11.3 Å². The molecule has 0 saturated carbocycles. The average molecular weight is 207 g/mol. The van der Waals surface area contributed by atoms with Crippen molar-refractivity contribution >= 4 is 11.6 Å². The van der Waals surface area contributed by atoms with Gasteiger partial charge in [-0.25, -0.2) is 0 Å². The van der Waals surface area contributed by atoms with Gasteiger partial charge in [0.15, 0.2) is 0 Å². The van der Waals surface area contributed by atoms with Crippen LogP contribution < -0.4 is 0 Å². The lowest BCUT2D eigenvalue weighted by Crippen LogP contribution is -1.92. The first-order chi connectivity index (χ1) is 6.66. The molecule has 0 unspecified atom stereocenters. The molecular weight excluding hydrogens is 196 g/mol. The van der Waals surface area contributed by atoms with Crippen molar-refractivity contribution in [2.24, 2.45) is 7.05 Å². The van der Waals surface area contributed by atoms with Crippen molar-refractivity contribution in [3.63, 3.8) is 0 Å². The third-order valence-electron chi connectivity index (χ3n) is 2.23. The average Bonchev–Trinajstić information content (AvgIpc) is 2.47. The van der Waals surface area contributed by atoms with Gasteiger partial charge in [-0.1, -0.05) is 23.7 Å². The van der Waals surface area contributed by atoms with Crippen LogP contribution >= 0.6 is 11.6 Å². The van der Waals surface area contributed by atoms with Gasteiger partial charge in [0.05, 0.1) is 5.69 Å². The summed E-state index contributed by atoms with van der Waals surface area (Å²) in [5.41, 5.74) is 3.16. The largest absolute Gasteiger partial charge is 0.272 e. The minimum Gasteiger partial charge on any atom is -0.272 e. The summed E-state index contributed by atoms with van der Waals surface area (Å²) in [6.45, 7) is 2.03. The van der Waals surface area contributed by atoms with Gasteiger partial charge in [0, 0.05) is 23.3 Å². The van der Waals surface area contributed by atoms with Crippen molar-refractivity contribution in [1.82, 2.24) is 9.78 Å². The molecule has 0 aliphatic rings. The summed E-state index contributed by atoms with van der Waals surface area (Å²) < 4.78 is 1.86. The summed E-state index contributed by atoms with van der Waals surface area (Å²) in [5, 5.41) is 5.12. The van der Waals surface area contributed by atoms with Crippen LogP contribution in [-0.4, -0.2) is 9.78 Å². The highest BCUT2D eigenvalue weighted by Crippen LogP contribution is 2.21. The van der Waals surface area contributed by atoms with Gasteiger partial charge in [-0.3, -0.25) is 4.68 Å². The van der Waals surface area contributed by atoms with Crippen molar-refractivity contribution in [2.75, 3.05) is 0 Å². The highest BCUT2D eigenvalue weighted by molar-refractivity contribution is 6.30. The van der Waals surface area contributed by atoms with E-state index in [-0.39, 0.29) is 0 Å². The topological polar surface area (TPSA) is 17.8 Å². The Balaban J connectivity index is 2.49. The number of aryl methyl sites for hydroxylation is 2. The smallest absolute Gasteiger partial charge is 0.0926 e. The number of hydrogen-bond donors (Lipinski definition) is 0. The number of nitrogens with zero attached hydrogens (tertiary/aromatic N) is 2. The lowest BCUT2D eigenvalue weighted by atomic mass is 10.1. The fourth-order valence-electron chi connectivity index (χ4n) is 1.35. The minimum absolute atomic E-state index is 0.741. The molecule has 0 fully saturated rings. The lowest BCUT2D eigenvalue weighted by Gasteiger charge is -1.96. The van der Waals surface area contributed by atoms with Gasteiger partial charge in [-0.05, 0) is 25.1 Å². The third kappa shape index (κ3) is 1.66. The summed E-state index contributed by atoms with van der Waals surface area (Å²) in [5.74, 6) is 0. The van der Waals surface area contributed by atoms with Crippen molar-refractivity contribution in [3.05, 3.63) is 41.0 Å². The second-order valence-corrected chi connectivity index (χ2v) is 3.74. The molecule has 0 aliphatic heterocycles. The zero-order valence-corrected chi connectivity index (χ0v) is 8.92. The van der Waals surface area contributed by atoms with E-state index in [1.54, 1.807) is 0 Å². The first-order valence-corrected chi connectivity index (χ1v) is 4.81. The highest BCUT2D eigenvalue weighted by Gasteiger charge is 2.03. The summed E-state index contributed by atoms with van der Waals surface area (Å²) in [4.78, 5) is 0. The lowest BCUT2D eigenvalue weighted by molar-refractivity contribution is 0.743. The molecule has 1 heterocycles. The van der Waals surface area contributed by atoms with E-state index in [9.17, 15) is 0 Å². The van der Waals surface area contributed by atoms with Crippen LogP contribution in [0.4, 0.5) is 0 Å². The zero-order valence-electron chi connectivity index (χ0n) is 8.16. The van der Waals surface area contributed by atoms with Crippen molar-refractivity contribution in [1.29, 1.82) is 0 Å². The van der Waals surface area contributed by atoms with Crippen LogP contribution in [0, 0.1) is 6.92 Å². The minimum atomic E-state index is 0.741. The molecule has 1 aromatic carbocycles. The van der Waals surface area contributed by atoms with Gasteiger partial charge in [0.25, 0.3) is 0 Å². The van der Waals surface area contributed by atoms with Crippen molar-refractivity contribution in [3.8, 4) is 11.3 Å². The summed E-state index contributed by atoms with van der Waals surface area (Å²) >= 11 is 5.91. The van der Waals surface area contributed by atoms with Crippen LogP contribution in [0.2, 0.25) is 5.02 Å². The van der Waals surface area contributed by atoms with Crippen LogP contribution in [0.3, 0.4) is 0 Å². The van der Waals surface area contributed by atoms with Crippen LogP contribution in [-0.2, 0) is 7.05 Å². The Hall–Kier alpha value is -1.28. The van der Waals surface area contributed by atoms with E-state index in [0.717, 1.165) is 22.0 Å². The normalized spacial score (nSPS) is 10.5. The molecule has 0 aliphatic carbocycles. The highest BCUT2D eigenvalue weighted by atomic mass is 35.5. The van der Waals surface area contributed by atoms with Gasteiger partial charge < -0.3 is 0 Å². The summed E-state index contributed by atoms with van der Waals surface area (Å²) in [6, 6.07) is 9.77. The molecule has 2 rings (SSSR count). The molecule has 0 N–H and O–H groups in total.